The number of amides is 2. The molecule has 1 aromatic carbocycles. The molecule has 2 amide bonds. The van der Waals surface area contributed by atoms with Gasteiger partial charge in [0.15, 0.2) is 0 Å². The Morgan fingerprint density at radius 3 is 2.36 bits per heavy atom. The van der Waals surface area contributed by atoms with E-state index >= 15 is 0 Å². The molecule has 0 fully saturated rings. The largest absolute Gasteiger partial charge is 0.494 e. The molecule has 0 radical (unpaired) electrons. The average Bonchev–Trinajstić information content (AvgIpc) is 2.95. The van der Waals surface area contributed by atoms with Crippen molar-refractivity contribution in [3.8, 4) is 17.0 Å². The minimum Gasteiger partial charge on any atom is -0.494 e. The first-order valence-corrected chi connectivity index (χ1v) is 15.1. The molecule has 0 saturated heterocycles. The number of benzene rings is 2. The number of rotatable bonds is 14. The molecule has 1 aliphatic carbocycles. The lowest BCUT2D eigenvalue weighted by molar-refractivity contribution is -0.368. The van der Waals surface area contributed by atoms with E-state index in [4.69, 9.17) is 10.5 Å². The highest BCUT2D eigenvalue weighted by atomic mass is 16.5. The number of unbranched alkanes of at least 4 members (excludes halogenated alkanes) is 1. The topological polar surface area (TPSA) is 215 Å². The summed E-state index contributed by atoms with van der Waals surface area (Å²) in [6.45, 7) is 7.76. The second-order valence-corrected chi connectivity index (χ2v) is 11.7. The van der Waals surface area contributed by atoms with Gasteiger partial charge >= 0.3 is 0 Å². The van der Waals surface area contributed by atoms with Gasteiger partial charge in [-0.1, -0.05) is 0 Å². The van der Waals surface area contributed by atoms with E-state index in [1.165, 1.54) is 13.2 Å². The van der Waals surface area contributed by atoms with Crippen LogP contribution < -0.4 is 44.1 Å². The summed E-state index contributed by atoms with van der Waals surface area (Å²) in [7, 11) is 1.39. The maximum absolute atomic E-state index is 14.3. The van der Waals surface area contributed by atoms with E-state index in [1.54, 1.807) is 6.07 Å². The molecular weight excluding hydrogens is 582 g/mol. The van der Waals surface area contributed by atoms with Crippen molar-refractivity contribution in [1.82, 2.24) is 14.5 Å². The number of pyridine rings is 2. The van der Waals surface area contributed by atoms with Crippen molar-refractivity contribution in [2.75, 3.05) is 32.1 Å². The Bertz CT molecular complexity index is 1930. The lowest BCUT2D eigenvalue weighted by Gasteiger charge is -2.24. The quantitative estimate of drug-likeness (QED) is 0.0925. The van der Waals surface area contributed by atoms with Crippen LogP contribution in [-0.4, -0.2) is 64.9 Å². The van der Waals surface area contributed by atoms with E-state index < -0.39 is 34.5 Å². The summed E-state index contributed by atoms with van der Waals surface area (Å²) in [5.41, 5.74) is 8.08. The Hall–Kier alpha value is -4.56. The normalized spacial score (nSPS) is 13.1. The number of methoxy groups -OCH3 is 1. The average molecular weight is 625 g/mol. The van der Waals surface area contributed by atoms with Crippen molar-refractivity contribution in [3.05, 3.63) is 48.6 Å². The summed E-state index contributed by atoms with van der Waals surface area (Å²) < 4.78 is 6.88. The zero-order chi connectivity index (χ0) is 33.2. The summed E-state index contributed by atoms with van der Waals surface area (Å²) in [4.78, 5) is 71.8. The second-order valence-electron chi connectivity index (χ2n) is 11.7. The monoisotopic (exact) mass is 624 g/mol. The van der Waals surface area contributed by atoms with E-state index in [9.17, 15) is 29.1 Å². The van der Waals surface area contributed by atoms with E-state index in [0.29, 0.717) is 25.1 Å². The third kappa shape index (κ3) is 6.33. The molecule has 14 heteroatoms. The lowest BCUT2D eigenvalue weighted by Crippen LogP contribution is -2.50. The molecule has 1 aliphatic heterocycles. The highest BCUT2D eigenvalue weighted by molar-refractivity contribution is 6.19. The molecule has 2 heterocycles. The van der Waals surface area contributed by atoms with Gasteiger partial charge in [0.25, 0.3) is 16.7 Å². The van der Waals surface area contributed by atoms with Crippen LogP contribution in [0.25, 0.3) is 32.7 Å². The minimum atomic E-state index is -1.20. The Labute approximate surface area is 258 Å². The molecule has 8 N–H and O–H groups in total. The molecule has 45 heavy (non-hydrogen) atoms. The fraction of sp³-hybridized carbons (Fsp3) is 0.484. The molecule has 2 aliphatic rings. The number of carbonyl (C=O) groups is 2. The minimum absolute atomic E-state index is 0.0227. The first kappa shape index (κ1) is 33.3. The number of hydrogen-bond donors (Lipinski definition) is 5. The number of primary amides is 1. The summed E-state index contributed by atoms with van der Waals surface area (Å²) in [5.74, 6) is -1.60. The Morgan fingerprint density at radius 1 is 1.04 bits per heavy atom. The summed E-state index contributed by atoms with van der Waals surface area (Å²) in [5, 5.41) is 18.2. The van der Waals surface area contributed by atoms with Crippen molar-refractivity contribution in [2.24, 2.45) is 10.7 Å². The molecule has 4 rings (SSSR count). The summed E-state index contributed by atoms with van der Waals surface area (Å²) >= 11 is 0. The SMILES string of the molecule is COCC(=O)NCCn1c(O)c2cc(NC(C)C)c3c4c2c(c(=NC(C)C)cc-4c(=O)n([C@@H](CCCC[NH3+])C(N)=O)c3=O)c1=O. The van der Waals surface area contributed by atoms with Gasteiger partial charge in [-0.2, -0.15) is 0 Å². The number of aromatic nitrogens is 2. The number of ether oxygens (including phenoxy) is 1. The first-order chi connectivity index (χ1) is 21.3. The zero-order valence-corrected chi connectivity index (χ0v) is 26.4. The van der Waals surface area contributed by atoms with Crippen LogP contribution in [0.4, 0.5) is 5.69 Å². The van der Waals surface area contributed by atoms with Gasteiger partial charge in [0.05, 0.1) is 28.2 Å². The van der Waals surface area contributed by atoms with Crippen LogP contribution >= 0.6 is 0 Å². The van der Waals surface area contributed by atoms with Crippen molar-refractivity contribution in [1.29, 1.82) is 0 Å². The predicted octanol–water partition coefficient (Wildman–Crippen LogP) is -0.307. The zero-order valence-electron chi connectivity index (χ0n) is 26.4. The standard InChI is InChI=1S/C31H41N7O7/c1-15(2)35-19-13-18-24-23-17(28(41)37(30(43)25(19)23)11-10-34-22(39)14-45-5)12-20(36-16(3)4)26(24)31(44)38(29(18)42)21(27(33)40)8-6-7-9-32/h12-13,15-16,21,36,41H,6-11,14,32H2,1-5H3,(H2,33,40)(H,34,39)/p+1/t21-/m0/s1. The summed E-state index contributed by atoms with van der Waals surface area (Å²) in [6.07, 6.45) is 1.38. The maximum atomic E-state index is 14.3. The van der Waals surface area contributed by atoms with Crippen LogP contribution in [0.15, 0.2) is 31.5 Å². The fourth-order valence-electron chi connectivity index (χ4n) is 5.82. The highest BCUT2D eigenvalue weighted by Gasteiger charge is 2.32. The number of nitrogens with two attached hydrogens (primary N) is 1. The first-order valence-electron chi connectivity index (χ1n) is 15.1. The van der Waals surface area contributed by atoms with Crippen LogP contribution in [0.1, 0.15) is 53.0 Å². The van der Waals surface area contributed by atoms with Crippen molar-refractivity contribution in [2.45, 2.75) is 71.6 Å². The molecule has 1 atom stereocenters. The second kappa shape index (κ2) is 13.6. The molecule has 1 aromatic heterocycles. The van der Waals surface area contributed by atoms with Gasteiger partial charge < -0.3 is 31.9 Å². The van der Waals surface area contributed by atoms with Gasteiger partial charge in [-0.25, -0.2) is 0 Å². The van der Waals surface area contributed by atoms with Gasteiger partial charge in [0.1, 0.15) is 12.6 Å². The van der Waals surface area contributed by atoms with Gasteiger partial charge in [0, 0.05) is 54.3 Å². The molecule has 242 valence electrons. The fourth-order valence-corrected chi connectivity index (χ4v) is 5.82. The summed E-state index contributed by atoms with van der Waals surface area (Å²) in [6, 6.07) is 1.37. The molecule has 14 nitrogen and oxygen atoms in total. The number of carbonyl (C=O) groups excluding carboxylic acids is 2. The van der Waals surface area contributed by atoms with E-state index in [1.807, 2.05) is 27.7 Å². The molecule has 0 saturated carbocycles. The molecule has 0 bridgehead atoms. The lowest BCUT2D eigenvalue weighted by atomic mass is 9.89. The number of hydrogen-bond acceptors (Lipinski definition) is 9. The van der Waals surface area contributed by atoms with Crippen LogP contribution in [0, 0.1) is 0 Å². The molecule has 2 aromatic rings. The number of aromatic hydroxyl groups is 1. The Balaban J connectivity index is 2.19. The van der Waals surface area contributed by atoms with Crippen LogP contribution in [0.2, 0.25) is 0 Å². The number of anilines is 1. The predicted molar refractivity (Wildman–Crippen MR) is 171 cm³/mol. The van der Waals surface area contributed by atoms with Crippen molar-refractivity contribution in [3.63, 3.8) is 0 Å². The van der Waals surface area contributed by atoms with Crippen LogP contribution in [0.3, 0.4) is 0 Å². The molecular formula is C31H42N7O7+. The van der Waals surface area contributed by atoms with E-state index in [2.05, 4.69) is 21.4 Å². The van der Waals surface area contributed by atoms with Gasteiger partial charge in [-0.15, -0.1) is 0 Å². The third-order valence-electron chi connectivity index (χ3n) is 7.61. The Kier molecular flexibility index (Phi) is 10.1. The Morgan fingerprint density at radius 2 is 1.76 bits per heavy atom. The van der Waals surface area contributed by atoms with Gasteiger partial charge in [-0.3, -0.25) is 38.1 Å². The van der Waals surface area contributed by atoms with E-state index in [0.717, 1.165) is 9.13 Å². The third-order valence-corrected chi connectivity index (χ3v) is 7.61. The number of quaternary nitrogens is 1. The van der Waals surface area contributed by atoms with Crippen molar-refractivity contribution < 1.29 is 25.2 Å². The highest BCUT2D eigenvalue weighted by Crippen LogP contribution is 2.41. The van der Waals surface area contributed by atoms with Gasteiger partial charge in [-0.05, 0) is 59.1 Å². The van der Waals surface area contributed by atoms with Gasteiger partial charge in [0.2, 0.25) is 17.7 Å². The molecule has 0 unspecified atom stereocenters. The maximum Gasteiger partial charge on any atom is 0.264 e. The smallest absolute Gasteiger partial charge is 0.264 e. The van der Waals surface area contributed by atoms with E-state index in [-0.39, 0.29) is 82.1 Å². The van der Waals surface area contributed by atoms with Crippen LogP contribution in [0.5, 0.6) is 5.88 Å². The van der Waals surface area contributed by atoms with Crippen molar-refractivity contribution >= 4 is 39.0 Å². The van der Waals surface area contributed by atoms with Crippen LogP contribution in [-0.2, 0) is 20.9 Å². The number of nitrogens with zero attached hydrogens (tertiary/aromatic N) is 3. The molecule has 0 spiro atoms. The number of nitrogens with one attached hydrogen (secondary N) is 2.